The van der Waals surface area contributed by atoms with Crippen LogP contribution < -0.4 is 0 Å². The van der Waals surface area contributed by atoms with Crippen LogP contribution in [0.1, 0.15) is 11.8 Å². The van der Waals surface area contributed by atoms with Crippen LogP contribution in [0.3, 0.4) is 0 Å². The molecule has 2 aromatic carbocycles. The van der Waals surface area contributed by atoms with Gasteiger partial charge in [-0.2, -0.15) is 0 Å². The van der Waals surface area contributed by atoms with Gasteiger partial charge in [0.1, 0.15) is 11.0 Å². The van der Waals surface area contributed by atoms with Crippen molar-refractivity contribution in [3.8, 4) is 0 Å². The van der Waals surface area contributed by atoms with Gasteiger partial charge in [-0.15, -0.1) is 0 Å². The van der Waals surface area contributed by atoms with Crippen molar-refractivity contribution in [2.75, 3.05) is 0 Å². The largest absolute Gasteiger partial charge is 0.437 e. The van der Waals surface area contributed by atoms with E-state index in [2.05, 4.69) is 9.97 Å². The van der Waals surface area contributed by atoms with Crippen molar-refractivity contribution < 1.29 is 8.83 Å². The van der Waals surface area contributed by atoms with E-state index in [9.17, 15) is 0 Å². The second kappa shape index (κ2) is 4.35. The van der Waals surface area contributed by atoms with Crippen molar-refractivity contribution in [1.82, 2.24) is 9.97 Å². The van der Waals surface area contributed by atoms with Crippen molar-refractivity contribution >= 4 is 34.4 Å². The SMILES string of the molecule is C(=C\c1nc2ccccc2o1)/c1nc2ccccc2o1. The van der Waals surface area contributed by atoms with E-state index >= 15 is 0 Å². The molecule has 0 aliphatic carbocycles. The van der Waals surface area contributed by atoms with Crippen LogP contribution in [0, 0.1) is 0 Å². The van der Waals surface area contributed by atoms with Crippen LogP contribution in [-0.4, -0.2) is 9.97 Å². The van der Waals surface area contributed by atoms with E-state index in [-0.39, 0.29) is 0 Å². The monoisotopic (exact) mass is 262 g/mol. The number of fused-ring (bicyclic) bond motifs is 2. The molecule has 4 heteroatoms. The molecule has 0 aliphatic heterocycles. The highest BCUT2D eigenvalue weighted by molar-refractivity contribution is 5.77. The van der Waals surface area contributed by atoms with E-state index < -0.39 is 0 Å². The van der Waals surface area contributed by atoms with Gasteiger partial charge < -0.3 is 8.83 Å². The Labute approximate surface area is 114 Å². The smallest absolute Gasteiger partial charge is 0.220 e. The fourth-order valence-electron chi connectivity index (χ4n) is 2.07. The molecule has 0 atom stereocenters. The van der Waals surface area contributed by atoms with Gasteiger partial charge in [-0.25, -0.2) is 9.97 Å². The summed E-state index contributed by atoms with van der Waals surface area (Å²) in [5.41, 5.74) is 3.21. The number of hydrogen-bond donors (Lipinski definition) is 0. The molecule has 20 heavy (non-hydrogen) atoms. The van der Waals surface area contributed by atoms with Gasteiger partial charge in [0.05, 0.1) is 0 Å². The second-order valence-corrected chi connectivity index (χ2v) is 4.37. The summed E-state index contributed by atoms with van der Waals surface area (Å²) < 4.78 is 11.2. The highest BCUT2D eigenvalue weighted by Crippen LogP contribution is 2.18. The first kappa shape index (κ1) is 11.0. The summed E-state index contributed by atoms with van der Waals surface area (Å²) in [4.78, 5) is 8.72. The Morgan fingerprint density at radius 1 is 0.650 bits per heavy atom. The molecule has 0 aliphatic rings. The molecule has 4 nitrogen and oxygen atoms in total. The minimum absolute atomic E-state index is 0.536. The molecule has 4 aromatic rings. The Kier molecular flexibility index (Phi) is 2.39. The Bertz CT molecular complexity index is 776. The molecule has 0 saturated heterocycles. The molecule has 4 rings (SSSR count). The lowest BCUT2D eigenvalue weighted by Gasteiger charge is -1.82. The summed E-state index contributed by atoms with van der Waals surface area (Å²) in [5.74, 6) is 1.07. The lowest BCUT2D eigenvalue weighted by atomic mass is 10.3. The predicted octanol–water partition coefficient (Wildman–Crippen LogP) is 4.14. The summed E-state index contributed by atoms with van der Waals surface area (Å²) in [6.45, 7) is 0. The average Bonchev–Trinajstić information content (AvgIpc) is 3.07. The van der Waals surface area contributed by atoms with Gasteiger partial charge in [0, 0.05) is 12.2 Å². The van der Waals surface area contributed by atoms with E-state index in [0.717, 1.165) is 22.2 Å². The zero-order valence-electron chi connectivity index (χ0n) is 10.5. The Hall–Kier alpha value is -2.88. The fraction of sp³-hybridized carbons (Fsp3) is 0. The van der Waals surface area contributed by atoms with Crippen LogP contribution in [0.4, 0.5) is 0 Å². The first-order valence-electron chi connectivity index (χ1n) is 6.28. The molecule has 96 valence electrons. The molecule has 0 fully saturated rings. The lowest BCUT2D eigenvalue weighted by Crippen LogP contribution is -1.71. The van der Waals surface area contributed by atoms with Gasteiger partial charge in [-0.3, -0.25) is 0 Å². The van der Waals surface area contributed by atoms with Crippen molar-refractivity contribution in [3.05, 3.63) is 60.3 Å². The van der Waals surface area contributed by atoms with Crippen molar-refractivity contribution in [1.29, 1.82) is 0 Å². The van der Waals surface area contributed by atoms with Crippen LogP contribution in [0.2, 0.25) is 0 Å². The van der Waals surface area contributed by atoms with Gasteiger partial charge in [0.25, 0.3) is 0 Å². The van der Waals surface area contributed by atoms with E-state index in [4.69, 9.17) is 8.83 Å². The number of aromatic nitrogens is 2. The quantitative estimate of drug-likeness (QED) is 0.544. The normalized spacial score (nSPS) is 11.8. The first-order chi connectivity index (χ1) is 9.88. The Morgan fingerprint density at radius 3 is 1.55 bits per heavy atom. The molecule has 0 bridgehead atoms. The first-order valence-corrected chi connectivity index (χ1v) is 6.28. The number of rotatable bonds is 2. The number of oxazole rings is 2. The molecule has 0 N–H and O–H groups in total. The minimum atomic E-state index is 0.536. The zero-order chi connectivity index (χ0) is 13.4. The Balaban J connectivity index is 1.70. The van der Waals surface area contributed by atoms with Crippen LogP contribution in [-0.2, 0) is 0 Å². The Morgan fingerprint density at radius 2 is 1.10 bits per heavy atom. The van der Waals surface area contributed by atoms with Gasteiger partial charge in [0.2, 0.25) is 11.8 Å². The molecule has 0 spiro atoms. The van der Waals surface area contributed by atoms with Crippen molar-refractivity contribution in [3.63, 3.8) is 0 Å². The number of para-hydroxylation sites is 4. The van der Waals surface area contributed by atoms with Crippen molar-refractivity contribution in [2.45, 2.75) is 0 Å². The van der Waals surface area contributed by atoms with E-state index in [1.807, 2.05) is 48.5 Å². The van der Waals surface area contributed by atoms with Gasteiger partial charge in [-0.05, 0) is 24.3 Å². The highest BCUT2D eigenvalue weighted by atomic mass is 16.4. The number of benzene rings is 2. The van der Waals surface area contributed by atoms with Crippen molar-refractivity contribution in [2.24, 2.45) is 0 Å². The molecule has 0 unspecified atom stereocenters. The highest BCUT2D eigenvalue weighted by Gasteiger charge is 2.04. The summed E-state index contributed by atoms with van der Waals surface area (Å²) in [6.07, 6.45) is 3.51. The van der Waals surface area contributed by atoms with Crippen LogP contribution in [0.5, 0.6) is 0 Å². The maximum atomic E-state index is 5.60. The number of hydrogen-bond acceptors (Lipinski definition) is 4. The minimum Gasteiger partial charge on any atom is -0.437 e. The van der Waals surface area contributed by atoms with E-state index in [0.29, 0.717) is 11.8 Å². The van der Waals surface area contributed by atoms with Gasteiger partial charge in [0.15, 0.2) is 11.2 Å². The third-order valence-corrected chi connectivity index (χ3v) is 2.99. The topological polar surface area (TPSA) is 52.1 Å². The van der Waals surface area contributed by atoms with E-state index in [1.165, 1.54) is 0 Å². The molecule has 0 amide bonds. The second-order valence-electron chi connectivity index (χ2n) is 4.37. The maximum absolute atomic E-state index is 5.60. The molecule has 2 aromatic heterocycles. The summed E-state index contributed by atoms with van der Waals surface area (Å²) in [7, 11) is 0. The molecule has 0 saturated carbocycles. The average molecular weight is 262 g/mol. The van der Waals surface area contributed by atoms with E-state index in [1.54, 1.807) is 12.2 Å². The van der Waals surface area contributed by atoms with Gasteiger partial charge >= 0.3 is 0 Å². The lowest BCUT2D eigenvalue weighted by molar-refractivity contribution is 0.583. The zero-order valence-corrected chi connectivity index (χ0v) is 10.5. The summed E-state index contributed by atoms with van der Waals surface area (Å²) in [6, 6.07) is 15.3. The maximum Gasteiger partial charge on any atom is 0.220 e. The fourth-order valence-corrected chi connectivity index (χ4v) is 2.07. The third-order valence-electron chi connectivity index (χ3n) is 2.99. The van der Waals surface area contributed by atoms with Crippen LogP contribution >= 0.6 is 0 Å². The molecule has 0 radical (unpaired) electrons. The van der Waals surface area contributed by atoms with Crippen LogP contribution in [0.25, 0.3) is 34.4 Å². The molecule has 2 heterocycles. The molecular formula is C16H10N2O2. The number of nitrogens with zero attached hydrogens (tertiary/aromatic N) is 2. The van der Waals surface area contributed by atoms with Gasteiger partial charge in [-0.1, -0.05) is 24.3 Å². The summed E-state index contributed by atoms with van der Waals surface area (Å²) in [5, 5.41) is 0. The molecular weight excluding hydrogens is 252 g/mol. The summed E-state index contributed by atoms with van der Waals surface area (Å²) >= 11 is 0. The van der Waals surface area contributed by atoms with Crippen LogP contribution in [0.15, 0.2) is 57.4 Å². The predicted molar refractivity (Wildman–Crippen MR) is 76.9 cm³/mol. The third kappa shape index (κ3) is 1.87. The standard InChI is InChI=1S/C16H10N2O2/c1-3-7-13-11(5-1)17-15(19-13)9-10-16-18-12-6-2-4-8-14(12)20-16/h1-10H/b10-9+.